The lowest BCUT2D eigenvalue weighted by Crippen LogP contribution is -2.48. The van der Waals surface area contributed by atoms with Gasteiger partial charge < -0.3 is 0 Å². The van der Waals surface area contributed by atoms with Crippen LogP contribution in [0.4, 0.5) is 0 Å². The quantitative estimate of drug-likeness (QED) is 0.813. The van der Waals surface area contributed by atoms with E-state index in [2.05, 4.69) is 50.1 Å². The summed E-state index contributed by atoms with van der Waals surface area (Å²) in [7, 11) is -1.16. The first-order chi connectivity index (χ1) is 12.3. The van der Waals surface area contributed by atoms with Gasteiger partial charge in [-0.2, -0.15) is 17.0 Å². The zero-order valence-electron chi connectivity index (χ0n) is 16.1. The third-order valence-electron chi connectivity index (χ3n) is 6.73. The van der Waals surface area contributed by atoms with E-state index in [9.17, 15) is 8.42 Å². The van der Waals surface area contributed by atoms with Gasteiger partial charge in [0.2, 0.25) is 0 Å². The minimum absolute atomic E-state index is 0.259. The molecule has 0 bridgehead atoms. The normalized spacial score (nSPS) is 33.4. The molecule has 5 nitrogen and oxygen atoms in total. The van der Waals surface area contributed by atoms with E-state index in [4.69, 9.17) is 0 Å². The van der Waals surface area contributed by atoms with Crippen LogP contribution in [0.2, 0.25) is 0 Å². The van der Waals surface area contributed by atoms with E-state index in [1.807, 2.05) is 6.07 Å². The van der Waals surface area contributed by atoms with Gasteiger partial charge in [-0.05, 0) is 42.7 Å². The average molecular weight is 378 g/mol. The summed E-state index contributed by atoms with van der Waals surface area (Å²) in [5.74, 6) is 0.819. The van der Waals surface area contributed by atoms with Crippen molar-refractivity contribution < 1.29 is 8.42 Å². The van der Waals surface area contributed by atoms with Crippen molar-refractivity contribution in [3.05, 3.63) is 35.9 Å². The first kappa shape index (κ1) is 18.4. The first-order valence-electron chi connectivity index (χ1n) is 9.78. The number of benzene rings is 1. The van der Waals surface area contributed by atoms with Gasteiger partial charge >= 0.3 is 0 Å². The van der Waals surface area contributed by atoms with E-state index in [-0.39, 0.29) is 5.41 Å². The molecule has 0 aromatic heterocycles. The topological polar surface area (TPSA) is 43.9 Å². The minimum atomic E-state index is -3.33. The Balaban J connectivity index is 1.50. The molecule has 0 aliphatic carbocycles. The number of piperidine rings is 1. The Kier molecular flexibility index (Phi) is 4.66. The second-order valence-corrected chi connectivity index (χ2v) is 11.0. The molecule has 3 saturated heterocycles. The highest BCUT2D eigenvalue weighted by Gasteiger charge is 2.50. The second kappa shape index (κ2) is 6.59. The molecular formula is C20H31N3O2S. The Morgan fingerprint density at radius 1 is 0.962 bits per heavy atom. The molecule has 0 spiro atoms. The largest absolute Gasteiger partial charge is 0.299 e. The molecule has 0 radical (unpaired) electrons. The SMILES string of the molecule is CN1C[C@H]2CN(S(=O)(=O)N3CCC(C)(C)CC3)C[C@H]2[C@@H]1c1ccccc1. The fraction of sp³-hybridized carbons (Fsp3) is 0.700. The molecule has 4 rings (SSSR count). The van der Waals surface area contributed by atoms with Crippen molar-refractivity contribution in [1.82, 2.24) is 13.5 Å². The van der Waals surface area contributed by atoms with Crippen LogP contribution in [0.3, 0.4) is 0 Å². The van der Waals surface area contributed by atoms with Gasteiger partial charge in [-0.3, -0.25) is 4.90 Å². The Morgan fingerprint density at radius 3 is 2.27 bits per heavy atom. The van der Waals surface area contributed by atoms with E-state index in [1.165, 1.54) is 5.56 Å². The summed E-state index contributed by atoms with van der Waals surface area (Å²) in [6.07, 6.45) is 1.89. The Bertz CT molecular complexity index is 740. The Labute approximate surface area is 158 Å². The van der Waals surface area contributed by atoms with Gasteiger partial charge in [0.15, 0.2) is 0 Å². The summed E-state index contributed by atoms with van der Waals surface area (Å²) in [5, 5.41) is 0. The second-order valence-electron chi connectivity index (χ2n) is 9.11. The maximum atomic E-state index is 13.2. The third-order valence-corrected chi connectivity index (χ3v) is 8.70. The highest BCUT2D eigenvalue weighted by Crippen LogP contribution is 2.45. The summed E-state index contributed by atoms with van der Waals surface area (Å²) >= 11 is 0. The lowest BCUT2D eigenvalue weighted by Gasteiger charge is -2.38. The van der Waals surface area contributed by atoms with E-state index in [0.29, 0.717) is 44.1 Å². The van der Waals surface area contributed by atoms with Crippen LogP contribution in [0.15, 0.2) is 30.3 Å². The molecule has 0 amide bonds. The Hall–Kier alpha value is -0.950. The summed E-state index contributed by atoms with van der Waals surface area (Å²) in [6.45, 7) is 8.07. The van der Waals surface area contributed by atoms with Crippen LogP contribution in [-0.4, -0.2) is 61.7 Å². The van der Waals surface area contributed by atoms with Gasteiger partial charge in [0.1, 0.15) is 0 Å². The fourth-order valence-corrected chi connectivity index (χ4v) is 6.75. The lowest BCUT2D eigenvalue weighted by molar-refractivity contribution is 0.186. The van der Waals surface area contributed by atoms with Gasteiger partial charge in [-0.25, -0.2) is 0 Å². The van der Waals surface area contributed by atoms with Gasteiger partial charge in [-0.15, -0.1) is 0 Å². The van der Waals surface area contributed by atoms with Gasteiger partial charge in [0, 0.05) is 38.8 Å². The maximum absolute atomic E-state index is 13.2. The molecule has 3 heterocycles. The average Bonchev–Trinajstić information content (AvgIpc) is 3.12. The molecule has 3 atom stereocenters. The number of hydrogen-bond donors (Lipinski definition) is 0. The van der Waals surface area contributed by atoms with Gasteiger partial charge in [0.05, 0.1) is 0 Å². The molecule has 6 heteroatoms. The molecule has 1 aromatic rings. The summed E-state index contributed by atoms with van der Waals surface area (Å²) in [6, 6.07) is 10.9. The van der Waals surface area contributed by atoms with Crippen molar-refractivity contribution in [3.8, 4) is 0 Å². The van der Waals surface area contributed by atoms with Crippen molar-refractivity contribution >= 4 is 10.2 Å². The van der Waals surface area contributed by atoms with E-state index >= 15 is 0 Å². The maximum Gasteiger partial charge on any atom is 0.281 e. The van der Waals surface area contributed by atoms with Crippen molar-refractivity contribution in [1.29, 1.82) is 0 Å². The predicted molar refractivity (Wildman–Crippen MR) is 104 cm³/mol. The van der Waals surface area contributed by atoms with E-state index in [1.54, 1.807) is 8.61 Å². The summed E-state index contributed by atoms with van der Waals surface area (Å²) < 4.78 is 29.9. The molecule has 3 fully saturated rings. The van der Waals surface area contributed by atoms with Crippen LogP contribution in [0.1, 0.15) is 38.3 Å². The molecule has 144 valence electrons. The van der Waals surface area contributed by atoms with Crippen LogP contribution < -0.4 is 0 Å². The Morgan fingerprint density at radius 2 is 1.62 bits per heavy atom. The minimum Gasteiger partial charge on any atom is -0.299 e. The molecule has 0 N–H and O–H groups in total. The van der Waals surface area contributed by atoms with Crippen LogP contribution in [0.5, 0.6) is 0 Å². The fourth-order valence-electron chi connectivity index (χ4n) is 5.04. The smallest absolute Gasteiger partial charge is 0.281 e. The lowest BCUT2D eigenvalue weighted by atomic mass is 9.83. The van der Waals surface area contributed by atoms with Crippen LogP contribution >= 0.6 is 0 Å². The third kappa shape index (κ3) is 3.21. The van der Waals surface area contributed by atoms with Crippen LogP contribution in [0.25, 0.3) is 0 Å². The van der Waals surface area contributed by atoms with Gasteiger partial charge in [0.25, 0.3) is 10.2 Å². The molecule has 26 heavy (non-hydrogen) atoms. The highest BCUT2D eigenvalue weighted by atomic mass is 32.2. The van der Waals surface area contributed by atoms with Crippen molar-refractivity contribution in [2.45, 2.75) is 32.7 Å². The van der Waals surface area contributed by atoms with Gasteiger partial charge in [-0.1, -0.05) is 44.2 Å². The first-order valence-corrected chi connectivity index (χ1v) is 11.2. The standard InChI is InChI=1S/C20H31N3O2S/c1-20(2)9-11-22(12-10-20)26(24,25)23-14-17-13-21(3)19(18(17)15-23)16-7-5-4-6-8-16/h4-8,17-19H,9-15H2,1-3H3/t17-,18+,19-/m0/s1. The van der Waals surface area contributed by atoms with Crippen LogP contribution in [-0.2, 0) is 10.2 Å². The number of likely N-dealkylation sites (tertiary alicyclic amines) is 1. The van der Waals surface area contributed by atoms with E-state index < -0.39 is 10.2 Å². The number of nitrogens with zero attached hydrogens (tertiary/aromatic N) is 3. The monoisotopic (exact) mass is 377 g/mol. The molecule has 3 aliphatic rings. The summed E-state index contributed by atoms with van der Waals surface area (Å²) in [5.41, 5.74) is 1.57. The number of hydrogen-bond acceptors (Lipinski definition) is 3. The van der Waals surface area contributed by atoms with Crippen molar-refractivity contribution in [2.75, 3.05) is 39.8 Å². The molecule has 1 aromatic carbocycles. The predicted octanol–water partition coefficient (Wildman–Crippen LogP) is 2.59. The number of rotatable bonds is 3. The highest BCUT2D eigenvalue weighted by molar-refractivity contribution is 7.86. The van der Waals surface area contributed by atoms with E-state index in [0.717, 1.165) is 19.4 Å². The zero-order valence-corrected chi connectivity index (χ0v) is 17.0. The molecule has 3 aliphatic heterocycles. The number of fused-ring (bicyclic) bond motifs is 1. The molecular weight excluding hydrogens is 346 g/mol. The molecule has 0 saturated carbocycles. The summed E-state index contributed by atoms with van der Waals surface area (Å²) in [4.78, 5) is 2.40. The zero-order chi connectivity index (χ0) is 18.5. The van der Waals surface area contributed by atoms with Crippen LogP contribution in [0, 0.1) is 17.3 Å². The van der Waals surface area contributed by atoms with Crippen molar-refractivity contribution in [2.24, 2.45) is 17.3 Å². The molecule has 0 unspecified atom stereocenters. The van der Waals surface area contributed by atoms with Crippen molar-refractivity contribution in [3.63, 3.8) is 0 Å².